The van der Waals surface area contributed by atoms with Crippen molar-refractivity contribution in [2.24, 2.45) is 0 Å². The molecule has 1 saturated heterocycles. The summed E-state index contributed by atoms with van der Waals surface area (Å²) in [5, 5.41) is 21.6. The van der Waals surface area contributed by atoms with Crippen molar-refractivity contribution in [1.82, 2.24) is 19.4 Å². The first kappa shape index (κ1) is 33.2. The smallest absolute Gasteiger partial charge is 0.418 e. The first-order valence-corrected chi connectivity index (χ1v) is 16.1. The molecular weight excluding hydrogens is 669 g/mol. The molecule has 3 aromatic heterocycles. The molecule has 48 heavy (non-hydrogen) atoms. The van der Waals surface area contributed by atoms with Crippen LogP contribution in [0.15, 0.2) is 40.6 Å². The zero-order valence-corrected chi connectivity index (χ0v) is 27.6. The molecule has 0 radical (unpaired) electrons. The minimum absolute atomic E-state index is 0.0294. The molecule has 1 N–H and O–H groups in total. The number of hydrogen-bond donors (Lipinski definition) is 1. The molecule has 0 bridgehead atoms. The van der Waals surface area contributed by atoms with Crippen molar-refractivity contribution in [1.29, 1.82) is 5.26 Å². The molecule has 2 aromatic carbocycles. The minimum Gasteiger partial charge on any atom is -0.491 e. The molecule has 0 atom stereocenters. The van der Waals surface area contributed by atoms with Crippen molar-refractivity contribution in [2.75, 3.05) is 44.7 Å². The Balaban J connectivity index is 1.40. The number of carboxylic acid groups (broad SMARTS) is 1. The van der Waals surface area contributed by atoms with Crippen LogP contribution < -0.4 is 15.2 Å². The largest absolute Gasteiger partial charge is 0.491 e. The number of alkyl halides is 3. The van der Waals surface area contributed by atoms with Crippen LogP contribution >= 0.6 is 22.9 Å². The van der Waals surface area contributed by atoms with Crippen LogP contribution in [0.1, 0.15) is 32.9 Å². The maximum absolute atomic E-state index is 14.6. The Morgan fingerprint density at radius 2 is 1.88 bits per heavy atom. The van der Waals surface area contributed by atoms with Gasteiger partial charge in [-0.1, -0.05) is 11.6 Å². The van der Waals surface area contributed by atoms with Crippen molar-refractivity contribution in [3.8, 4) is 22.9 Å². The van der Waals surface area contributed by atoms with E-state index in [1.165, 1.54) is 46.2 Å². The Bertz CT molecular complexity index is 2200. The number of hydrogen-bond acceptors (Lipinski definition) is 9. The Labute approximate surface area is 281 Å². The number of pyridine rings is 1. The lowest BCUT2D eigenvalue weighted by atomic mass is 9.95. The number of ether oxygens (including phenoxy) is 1. The highest BCUT2D eigenvalue weighted by Gasteiger charge is 2.41. The Morgan fingerprint density at radius 3 is 2.54 bits per heavy atom. The van der Waals surface area contributed by atoms with E-state index in [1.807, 2.05) is 18.0 Å². The fourth-order valence-corrected chi connectivity index (χ4v) is 7.34. The number of carbonyl (C=O) groups is 1. The van der Waals surface area contributed by atoms with E-state index in [9.17, 15) is 33.1 Å². The van der Waals surface area contributed by atoms with Crippen LogP contribution in [-0.4, -0.2) is 70.3 Å². The zero-order chi connectivity index (χ0) is 34.5. The van der Waals surface area contributed by atoms with E-state index in [0.717, 1.165) is 0 Å². The Morgan fingerprint density at radius 1 is 1.15 bits per heavy atom. The molecule has 0 saturated carbocycles. The first-order valence-electron chi connectivity index (χ1n) is 14.8. The van der Waals surface area contributed by atoms with Gasteiger partial charge in [0.05, 0.1) is 50.0 Å². The summed E-state index contributed by atoms with van der Waals surface area (Å²) in [6.45, 7) is 4.25. The minimum atomic E-state index is -4.78. The number of anilines is 1. The number of rotatable bonds is 7. The van der Waals surface area contributed by atoms with Gasteiger partial charge in [-0.15, -0.1) is 11.3 Å². The average molecular weight is 697 g/mol. The third-order valence-corrected chi connectivity index (χ3v) is 9.76. The van der Waals surface area contributed by atoms with E-state index >= 15 is 0 Å². The van der Waals surface area contributed by atoms with E-state index in [-0.39, 0.29) is 65.3 Å². The topological polar surface area (TPSA) is 125 Å². The summed E-state index contributed by atoms with van der Waals surface area (Å²) in [6.07, 6.45) is -3.28. The Hall–Kier alpha value is -4.71. The fourth-order valence-electron chi connectivity index (χ4n) is 6.14. The number of thiophene rings is 1. The molecule has 0 unspecified atom stereocenters. The standard InChI is InChI=1S/C33H28ClF3N6O4S/c1-17-26(33(35,36)37)29(42-10-8-41(3)9-11-42)22(15-38)25-27(17)40-18(2)43(31(25)44)12-13-47-24-5-4-19(34)14-21(24)20-6-7-39-28-23(32(45)46)16-48-30(20)28/h4-7,14,16H,8-13H2,1-3H3,(H,45,46). The summed E-state index contributed by atoms with van der Waals surface area (Å²) in [5.41, 5.74) is -0.964. The second kappa shape index (κ2) is 12.7. The van der Waals surface area contributed by atoms with E-state index in [0.29, 0.717) is 45.2 Å². The van der Waals surface area contributed by atoms with Crippen molar-refractivity contribution in [2.45, 2.75) is 26.6 Å². The van der Waals surface area contributed by atoms with Crippen molar-refractivity contribution in [3.05, 3.63) is 79.3 Å². The number of fused-ring (bicyclic) bond motifs is 2. The van der Waals surface area contributed by atoms with Gasteiger partial charge in [0.2, 0.25) is 0 Å². The van der Waals surface area contributed by atoms with Crippen LogP contribution in [-0.2, 0) is 12.7 Å². The highest BCUT2D eigenvalue weighted by Crippen LogP contribution is 2.44. The van der Waals surface area contributed by atoms with Crippen LogP contribution in [0.2, 0.25) is 5.02 Å². The fraction of sp³-hybridized carbons (Fsp3) is 0.303. The van der Waals surface area contributed by atoms with Gasteiger partial charge in [-0.2, -0.15) is 18.4 Å². The summed E-state index contributed by atoms with van der Waals surface area (Å²) >= 11 is 7.56. The number of benzene rings is 2. The normalized spacial score (nSPS) is 14.1. The SMILES string of the molecule is Cc1c(C(F)(F)F)c(N2CCN(C)CC2)c(C#N)c2c(=O)n(CCOc3ccc(Cl)cc3-c3ccnc4c(C(=O)O)csc34)c(C)nc12. The lowest BCUT2D eigenvalue weighted by molar-refractivity contribution is -0.137. The van der Waals surface area contributed by atoms with Gasteiger partial charge in [-0.25, -0.2) is 9.78 Å². The van der Waals surface area contributed by atoms with Crippen LogP contribution in [0.3, 0.4) is 0 Å². The number of nitrogens with zero attached hydrogens (tertiary/aromatic N) is 6. The van der Waals surface area contributed by atoms with Crippen LogP contribution in [0.4, 0.5) is 18.9 Å². The van der Waals surface area contributed by atoms with Crippen LogP contribution in [0, 0.1) is 25.2 Å². The van der Waals surface area contributed by atoms with E-state index in [1.54, 1.807) is 24.3 Å². The second-order valence-corrected chi connectivity index (χ2v) is 12.8. The molecule has 0 spiro atoms. The molecule has 0 aliphatic carbocycles. The highest BCUT2D eigenvalue weighted by molar-refractivity contribution is 7.18. The number of piperazine rings is 1. The summed E-state index contributed by atoms with van der Waals surface area (Å²) in [7, 11) is 1.87. The van der Waals surface area contributed by atoms with Gasteiger partial charge in [0, 0.05) is 53.9 Å². The molecule has 248 valence electrons. The average Bonchev–Trinajstić information content (AvgIpc) is 3.48. The van der Waals surface area contributed by atoms with Gasteiger partial charge >= 0.3 is 12.1 Å². The molecule has 1 aliphatic heterocycles. The van der Waals surface area contributed by atoms with Gasteiger partial charge in [-0.05, 0) is 50.7 Å². The molecule has 1 aliphatic rings. The number of halogens is 4. The van der Waals surface area contributed by atoms with Gasteiger partial charge in [0.15, 0.2) is 0 Å². The second-order valence-electron chi connectivity index (χ2n) is 11.4. The lowest BCUT2D eigenvalue weighted by Crippen LogP contribution is -2.45. The summed E-state index contributed by atoms with van der Waals surface area (Å²) in [5.74, 6) is -0.536. The zero-order valence-electron chi connectivity index (χ0n) is 26.0. The molecule has 1 fully saturated rings. The molecule has 4 heterocycles. The molecule has 15 heteroatoms. The van der Waals surface area contributed by atoms with Crippen molar-refractivity contribution in [3.63, 3.8) is 0 Å². The third kappa shape index (κ3) is 5.82. The molecule has 6 rings (SSSR count). The van der Waals surface area contributed by atoms with E-state index in [2.05, 4.69) is 9.97 Å². The third-order valence-electron chi connectivity index (χ3n) is 8.52. The molecular formula is C33H28ClF3N6O4S. The predicted octanol–water partition coefficient (Wildman–Crippen LogP) is 6.36. The van der Waals surface area contributed by atoms with Crippen LogP contribution in [0.25, 0.3) is 32.2 Å². The molecule has 0 amide bonds. The van der Waals surface area contributed by atoms with Gasteiger partial charge in [-0.3, -0.25) is 14.3 Å². The van der Waals surface area contributed by atoms with Gasteiger partial charge < -0.3 is 19.6 Å². The number of likely N-dealkylation sites (N-methyl/N-ethyl adjacent to an activating group) is 1. The number of aryl methyl sites for hydroxylation is 2. The molecule has 5 aromatic rings. The summed E-state index contributed by atoms with van der Waals surface area (Å²) in [4.78, 5) is 37.9. The first-order chi connectivity index (χ1) is 22.8. The van der Waals surface area contributed by atoms with E-state index < -0.39 is 23.3 Å². The van der Waals surface area contributed by atoms with Gasteiger partial charge in [0.25, 0.3) is 5.56 Å². The van der Waals surface area contributed by atoms with Gasteiger partial charge in [0.1, 0.15) is 24.3 Å². The lowest BCUT2D eigenvalue weighted by Gasteiger charge is -2.36. The van der Waals surface area contributed by atoms with Crippen molar-refractivity contribution >= 4 is 55.7 Å². The summed E-state index contributed by atoms with van der Waals surface area (Å²) < 4.78 is 51.8. The van der Waals surface area contributed by atoms with Crippen LogP contribution in [0.5, 0.6) is 5.75 Å². The molecule has 10 nitrogen and oxygen atoms in total. The maximum Gasteiger partial charge on any atom is 0.418 e. The monoisotopic (exact) mass is 696 g/mol. The Kier molecular flexibility index (Phi) is 8.80. The van der Waals surface area contributed by atoms with E-state index in [4.69, 9.17) is 16.3 Å². The predicted molar refractivity (Wildman–Crippen MR) is 177 cm³/mol. The highest BCUT2D eigenvalue weighted by atomic mass is 35.5. The number of nitriles is 1. The van der Waals surface area contributed by atoms with Crippen molar-refractivity contribution < 1.29 is 27.8 Å². The maximum atomic E-state index is 14.6. The quantitative estimate of drug-likeness (QED) is 0.207. The number of carboxylic acids is 1. The number of aromatic carboxylic acids is 1. The number of aromatic nitrogens is 3. The summed E-state index contributed by atoms with van der Waals surface area (Å²) in [6, 6.07) is 8.61.